The fourth-order valence-electron chi connectivity index (χ4n) is 4.24. The van der Waals surface area contributed by atoms with E-state index in [0.29, 0.717) is 5.92 Å². The predicted octanol–water partition coefficient (Wildman–Crippen LogP) is 3.94. The molecule has 3 fully saturated rings. The second kappa shape index (κ2) is 7.22. The van der Waals surface area contributed by atoms with Gasteiger partial charge in [-0.3, -0.25) is 4.90 Å². The monoisotopic (exact) mass is 335 g/mol. The minimum Gasteiger partial charge on any atom is -0.381 e. The van der Waals surface area contributed by atoms with E-state index in [1.165, 1.54) is 57.2 Å². The highest BCUT2D eigenvalue weighted by molar-refractivity contribution is 7.07. The molecule has 1 atom stereocenters. The van der Waals surface area contributed by atoms with Crippen LogP contribution in [-0.2, 0) is 16.0 Å². The van der Waals surface area contributed by atoms with Crippen molar-refractivity contribution in [3.8, 4) is 0 Å². The molecule has 0 aromatic carbocycles. The molecule has 1 saturated carbocycles. The van der Waals surface area contributed by atoms with Crippen molar-refractivity contribution in [2.45, 2.75) is 50.7 Å². The number of piperidine rings is 1. The van der Waals surface area contributed by atoms with Crippen LogP contribution in [0.2, 0.25) is 0 Å². The molecule has 4 rings (SSSR count). The van der Waals surface area contributed by atoms with Crippen molar-refractivity contribution >= 4 is 11.3 Å². The Labute approximate surface area is 144 Å². The van der Waals surface area contributed by atoms with Crippen LogP contribution in [0, 0.1) is 11.8 Å². The lowest BCUT2D eigenvalue weighted by Crippen LogP contribution is -2.47. The van der Waals surface area contributed by atoms with Crippen molar-refractivity contribution in [2.75, 3.05) is 32.9 Å². The Bertz CT molecular complexity index is 478. The number of likely N-dealkylation sites (tertiary alicyclic amines) is 1. The van der Waals surface area contributed by atoms with E-state index in [2.05, 4.69) is 21.7 Å². The van der Waals surface area contributed by atoms with Crippen LogP contribution in [0.15, 0.2) is 16.8 Å². The highest BCUT2D eigenvalue weighted by Crippen LogP contribution is 2.42. The minimum absolute atomic E-state index is 0.161. The minimum atomic E-state index is 0.161. The molecule has 1 aromatic rings. The molecule has 1 aromatic heterocycles. The first-order valence-corrected chi connectivity index (χ1v) is 10.2. The summed E-state index contributed by atoms with van der Waals surface area (Å²) in [5, 5.41) is 4.45. The van der Waals surface area contributed by atoms with Crippen LogP contribution in [-0.4, -0.2) is 43.4 Å². The molecule has 4 heteroatoms. The second-order valence-corrected chi connectivity index (χ2v) is 8.39. The van der Waals surface area contributed by atoms with Gasteiger partial charge in [0.25, 0.3) is 0 Å². The van der Waals surface area contributed by atoms with E-state index in [1.807, 2.05) is 0 Å². The summed E-state index contributed by atoms with van der Waals surface area (Å²) in [5.74, 6) is 1.59. The number of nitrogens with zero attached hydrogens (tertiary/aromatic N) is 1. The Hall–Kier alpha value is -0.420. The Morgan fingerprint density at radius 2 is 2.13 bits per heavy atom. The van der Waals surface area contributed by atoms with Crippen LogP contribution in [0.5, 0.6) is 0 Å². The average molecular weight is 336 g/mol. The molecular weight excluding hydrogens is 306 g/mol. The largest absolute Gasteiger partial charge is 0.381 e. The Balaban J connectivity index is 1.24. The summed E-state index contributed by atoms with van der Waals surface area (Å²) >= 11 is 1.80. The molecule has 1 aliphatic carbocycles. The van der Waals surface area contributed by atoms with Gasteiger partial charge in [0, 0.05) is 39.5 Å². The molecule has 23 heavy (non-hydrogen) atoms. The summed E-state index contributed by atoms with van der Waals surface area (Å²) in [6.45, 7) is 6.34. The summed E-state index contributed by atoms with van der Waals surface area (Å²) in [5.41, 5.74) is 1.62. The highest BCUT2D eigenvalue weighted by atomic mass is 32.1. The molecule has 128 valence electrons. The molecule has 3 aliphatic rings. The Kier molecular flexibility index (Phi) is 5.04. The van der Waals surface area contributed by atoms with Gasteiger partial charge in [-0.2, -0.15) is 11.3 Å². The number of hydrogen-bond acceptors (Lipinski definition) is 4. The van der Waals surface area contributed by atoms with Gasteiger partial charge in [0.1, 0.15) is 0 Å². The Morgan fingerprint density at radius 3 is 2.87 bits per heavy atom. The molecule has 2 aliphatic heterocycles. The lowest BCUT2D eigenvalue weighted by atomic mass is 9.78. The van der Waals surface area contributed by atoms with Crippen molar-refractivity contribution in [1.82, 2.24) is 4.90 Å². The maximum Gasteiger partial charge on any atom is 0.0736 e. The molecule has 1 spiro atoms. The maximum absolute atomic E-state index is 6.29. The van der Waals surface area contributed by atoms with E-state index < -0.39 is 0 Å². The molecule has 3 heterocycles. The fraction of sp³-hybridized carbons (Fsp3) is 0.789. The summed E-state index contributed by atoms with van der Waals surface area (Å²) in [7, 11) is 0. The molecule has 0 bridgehead atoms. The van der Waals surface area contributed by atoms with E-state index in [0.717, 1.165) is 32.3 Å². The van der Waals surface area contributed by atoms with E-state index in [-0.39, 0.29) is 5.60 Å². The summed E-state index contributed by atoms with van der Waals surface area (Å²) in [6.07, 6.45) is 7.59. The summed E-state index contributed by atoms with van der Waals surface area (Å²) in [4.78, 5) is 2.59. The number of thiophene rings is 1. The van der Waals surface area contributed by atoms with Gasteiger partial charge in [0.15, 0.2) is 0 Å². The lowest BCUT2D eigenvalue weighted by molar-refractivity contribution is -0.0731. The van der Waals surface area contributed by atoms with Gasteiger partial charge in [0.05, 0.1) is 5.60 Å². The van der Waals surface area contributed by atoms with Gasteiger partial charge in [0.2, 0.25) is 0 Å². The first kappa shape index (κ1) is 16.1. The Morgan fingerprint density at radius 1 is 1.26 bits per heavy atom. The van der Waals surface area contributed by atoms with Crippen LogP contribution in [0.25, 0.3) is 0 Å². The van der Waals surface area contributed by atoms with Gasteiger partial charge in [-0.1, -0.05) is 0 Å². The lowest BCUT2D eigenvalue weighted by Gasteiger charge is -2.42. The standard InChI is InChI=1S/C19H29NO2S/c1-2-16(1)14-21-10-3-18-4-11-22-19(18)6-8-20(9-7-19)13-17-5-12-23-15-17/h5,12,15-16,18H,1-4,6-11,13-14H2. The molecular formula is C19H29NO2S. The normalized spacial score (nSPS) is 27.7. The quantitative estimate of drug-likeness (QED) is 0.705. The molecule has 3 nitrogen and oxygen atoms in total. The zero-order chi connectivity index (χ0) is 15.5. The highest BCUT2D eigenvalue weighted by Gasteiger charge is 2.45. The van der Waals surface area contributed by atoms with Gasteiger partial charge in [-0.15, -0.1) is 0 Å². The van der Waals surface area contributed by atoms with Crippen LogP contribution >= 0.6 is 11.3 Å². The van der Waals surface area contributed by atoms with Crippen molar-refractivity contribution in [2.24, 2.45) is 11.8 Å². The molecule has 0 radical (unpaired) electrons. The van der Waals surface area contributed by atoms with Crippen LogP contribution < -0.4 is 0 Å². The summed E-state index contributed by atoms with van der Waals surface area (Å²) in [6, 6.07) is 2.25. The van der Waals surface area contributed by atoms with Gasteiger partial charge < -0.3 is 9.47 Å². The van der Waals surface area contributed by atoms with Crippen LogP contribution in [0.4, 0.5) is 0 Å². The van der Waals surface area contributed by atoms with Crippen LogP contribution in [0.3, 0.4) is 0 Å². The van der Waals surface area contributed by atoms with E-state index >= 15 is 0 Å². The van der Waals surface area contributed by atoms with E-state index in [9.17, 15) is 0 Å². The third-order valence-corrected chi connectivity index (χ3v) is 6.68. The molecule has 0 amide bonds. The zero-order valence-corrected chi connectivity index (χ0v) is 14.9. The average Bonchev–Trinajstić information content (AvgIpc) is 3.10. The summed E-state index contributed by atoms with van der Waals surface area (Å²) < 4.78 is 12.2. The van der Waals surface area contributed by atoms with Crippen molar-refractivity contribution in [3.63, 3.8) is 0 Å². The predicted molar refractivity (Wildman–Crippen MR) is 93.8 cm³/mol. The van der Waals surface area contributed by atoms with Crippen molar-refractivity contribution < 1.29 is 9.47 Å². The van der Waals surface area contributed by atoms with E-state index in [1.54, 1.807) is 11.3 Å². The first-order valence-electron chi connectivity index (χ1n) is 9.29. The zero-order valence-electron chi connectivity index (χ0n) is 14.0. The maximum atomic E-state index is 6.29. The van der Waals surface area contributed by atoms with Crippen molar-refractivity contribution in [3.05, 3.63) is 22.4 Å². The first-order chi connectivity index (χ1) is 11.3. The third-order valence-electron chi connectivity index (χ3n) is 5.95. The molecule has 0 N–H and O–H groups in total. The van der Waals surface area contributed by atoms with Gasteiger partial charge in [-0.25, -0.2) is 0 Å². The van der Waals surface area contributed by atoms with E-state index in [4.69, 9.17) is 9.47 Å². The second-order valence-electron chi connectivity index (χ2n) is 7.61. The van der Waals surface area contributed by atoms with Crippen LogP contribution in [0.1, 0.15) is 44.1 Å². The number of rotatable bonds is 7. The third kappa shape index (κ3) is 3.98. The topological polar surface area (TPSA) is 21.7 Å². The smallest absolute Gasteiger partial charge is 0.0736 e. The fourth-order valence-corrected chi connectivity index (χ4v) is 4.90. The van der Waals surface area contributed by atoms with Crippen molar-refractivity contribution in [1.29, 1.82) is 0 Å². The SMILES string of the molecule is c1cc(CN2CCC3(CC2)OCCC3CCOCC2CC2)cs1. The number of ether oxygens (including phenoxy) is 2. The van der Waals surface area contributed by atoms with Gasteiger partial charge >= 0.3 is 0 Å². The number of hydrogen-bond donors (Lipinski definition) is 0. The van der Waals surface area contributed by atoms with Gasteiger partial charge in [-0.05, 0) is 72.8 Å². The molecule has 1 unspecified atom stereocenters. The molecule has 2 saturated heterocycles.